The highest BCUT2D eigenvalue weighted by Crippen LogP contribution is 2.29. The summed E-state index contributed by atoms with van der Waals surface area (Å²) in [4.78, 5) is 12.6. The van der Waals surface area contributed by atoms with Gasteiger partial charge in [-0.05, 0) is 49.4 Å². The number of amides is 1. The van der Waals surface area contributed by atoms with E-state index in [1.807, 2.05) is 0 Å². The highest BCUT2D eigenvalue weighted by atomic mass is 35.5. The fourth-order valence-corrected chi connectivity index (χ4v) is 4.14. The van der Waals surface area contributed by atoms with Crippen LogP contribution < -0.4 is 14.4 Å². The van der Waals surface area contributed by atoms with Gasteiger partial charge < -0.3 is 10.1 Å². The molecule has 0 heterocycles. The summed E-state index contributed by atoms with van der Waals surface area (Å²) in [6.07, 6.45) is -3.93. The largest absolute Gasteiger partial charge is 0.573 e. The van der Waals surface area contributed by atoms with Crippen LogP contribution >= 0.6 is 23.2 Å². The van der Waals surface area contributed by atoms with Crippen molar-refractivity contribution in [2.75, 3.05) is 15.9 Å². The lowest BCUT2D eigenvalue weighted by atomic mass is 10.2. The second-order valence-corrected chi connectivity index (χ2v) is 8.66. The molecule has 2 aromatic rings. The number of halogens is 5. The Labute approximate surface area is 175 Å². The molecule has 0 aliphatic carbocycles. The molecule has 0 fully saturated rings. The average molecular weight is 471 g/mol. The molecule has 0 saturated carbocycles. The van der Waals surface area contributed by atoms with Crippen molar-refractivity contribution in [3.8, 4) is 5.75 Å². The number of carbonyl (C=O) groups is 1. The van der Waals surface area contributed by atoms with Crippen molar-refractivity contribution in [2.45, 2.75) is 19.3 Å². The Morgan fingerprint density at radius 3 is 2.07 bits per heavy atom. The van der Waals surface area contributed by atoms with E-state index >= 15 is 0 Å². The van der Waals surface area contributed by atoms with Crippen LogP contribution in [0.25, 0.3) is 0 Å². The quantitative estimate of drug-likeness (QED) is 0.664. The van der Waals surface area contributed by atoms with Crippen molar-refractivity contribution in [3.63, 3.8) is 0 Å². The molecule has 1 N–H and O–H groups in total. The number of hydrogen-bond donors (Lipinski definition) is 1. The standard InChI is InChI=1S/C17H15Cl2F3N2O4S/c1-10(24(29(2,26)27)14-8-11(18)7-12(19)9-14)16(25)23-13-3-5-15(6-4-13)28-17(20,21)22/h3-10H,1-2H3,(H,23,25)/t10-/m0/s1. The Balaban J connectivity index is 2.23. The summed E-state index contributed by atoms with van der Waals surface area (Å²) in [6.45, 7) is 1.34. The smallest absolute Gasteiger partial charge is 0.406 e. The van der Waals surface area contributed by atoms with Gasteiger partial charge in [0.2, 0.25) is 15.9 Å². The van der Waals surface area contributed by atoms with E-state index < -0.39 is 34.1 Å². The zero-order valence-corrected chi connectivity index (χ0v) is 17.3. The zero-order chi connectivity index (χ0) is 22.0. The van der Waals surface area contributed by atoms with Crippen molar-refractivity contribution in [1.29, 1.82) is 0 Å². The van der Waals surface area contributed by atoms with E-state index in [1.54, 1.807) is 0 Å². The number of carbonyl (C=O) groups excluding carboxylic acids is 1. The van der Waals surface area contributed by atoms with E-state index in [-0.39, 0.29) is 21.4 Å². The van der Waals surface area contributed by atoms with Gasteiger partial charge in [-0.15, -0.1) is 13.2 Å². The fraction of sp³-hybridized carbons (Fsp3) is 0.235. The van der Waals surface area contributed by atoms with E-state index in [9.17, 15) is 26.4 Å². The van der Waals surface area contributed by atoms with Gasteiger partial charge >= 0.3 is 6.36 Å². The van der Waals surface area contributed by atoms with Gasteiger partial charge in [0.1, 0.15) is 11.8 Å². The molecular weight excluding hydrogens is 456 g/mol. The van der Waals surface area contributed by atoms with Crippen LogP contribution in [0, 0.1) is 0 Å². The van der Waals surface area contributed by atoms with E-state index in [4.69, 9.17) is 23.2 Å². The Hall–Kier alpha value is -2.17. The maximum atomic E-state index is 12.6. The second kappa shape index (κ2) is 8.68. The topological polar surface area (TPSA) is 75.7 Å². The molecule has 158 valence electrons. The Morgan fingerprint density at radius 1 is 1.10 bits per heavy atom. The normalized spacial score (nSPS) is 12.9. The molecule has 6 nitrogen and oxygen atoms in total. The zero-order valence-electron chi connectivity index (χ0n) is 15.0. The summed E-state index contributed by atoms with van der Waals surface area (Å²) < 4.78 is 65.7. The molecule has 0 spiro atoms. The molecule has 0 aliphatic rings. The molecule has 29 heavy (non-hydrogen) atoms. The third-order valence-corrected chi connectivity index (χ3v) is 5.22. The van der Waals surface area contributed by atoms with Crippen molar-refractivity contribution in [1.82, 2.24) is 0 Å². The van der Waals surface area contributed by atoms with E-state index in [0.29, 0.717) is 0 Å². The van der Waals surface area contributed by atoms with Crippen LogP contribution in [0.1, 0.15) is 6.92 Å². The number of alkyl halides is 3. The lowest BCUT2D eigenvalue weighted by Crippen LogP contribution is -2.45. The Morgan fingerprint density at radius 2 is 1.62 bits per heavy atom. The van der Waals surface area contributed by atoms with Gasteiger partial charge in [0.05, 0.1) is 11.9 Å². The number of rotatable bonds is 6. The number of sulfonamides is 1. The molecule has 12 heteroatoms. The number of ether oxygens (including phenoxy) is 1. The van der Waals surface area contributed by atoms with Crippen LogP contribution in [0.2, 0.25) is 10.0 Å². The van der Waals surface area contributed by atoms with Crippen LogP contribution in [0.3, 0.4) is 0 Å². The average Bonchev–Trinajstić information content (AvgIpc) is 2.53. The van der Waals surface area contributed by atoms with E-state index in [0.717, 1.165) is 22.7 Å². The van der Waals surface area contributed by atoms with Gasteiger partial charge in [0.15, 0.2) is 0 Å². The Kier molecular flexibility index (Phi) is 6.92. The first-order valence-electron chi connectivity index (χ1n) is 7.88. The van der Waals surface area contributed by atoms with Crippen molar-refractivity contribution in [2.24, 2.45) is 0 Å². The summed E-state index contributed by atoms with van der Waals surface area (Å²) in [5.41, 5.74) is 0.232. The van der Waals surface area contributed by atoms with Crippen LogP contribution in [0.15, 0.2) is 42.5 Å². The van der Waals surface area contributed by atoms with Gasteiger partial charge in [-0.25, -0.2) is 8.42 Å². The van der Waals surface area contributed by atoms with Gasteiger partial charge in [0, 0.05) is 15.7 Å². The maximum Gasteiger partial charge on any atom is 0.573 e. The second-order valence-electron chi connectivity index (χ2n) is 5.92. The molecule has 1 amide bonds. The number of benzene rings is 2. The maximum absolute atomic E-state index is 12.6. The molecule has 0 radical (unpaired) electrons. The monoisotopic (exact) mass is 470 g/mol. The number of nitrogens with zero attached hydrogens (tertiary/aromatic N) is 1. The third-order valence-electron chi connectivity index (χ3n) is 3.55. The highest BCUT2D eigenvalue weighted by molar-refractivity contribution is 7.92. The molecule has 2 aromatic carbocycles. The first kappa shape index (κ1) is 23.1. The summed E-state index contributed by atoms with van der Waals surface area (Å²) in [5.74, 6) is -1.19. The number of nitrogens with one attached hydrogen (secondary N) is 1. The molecule has 0 unspecified atom stereocenters. The van der Waals surface area contributed by atoms with Crippen molar-refractivity contribution < 1.29 is 31.1 Å². The number of hydrogen-bond acceptors (Lipinski definition) is 4. The van der Waals surface area contributed by atoms with Gasteiger partial charge in [-0.3, -0.25) is 9.10 Å². The highest BCUT2D eigenvalue weighted by Gasteiger charge is 2.31. The first-order chi connectivity index (χ1) is 13.3. The van der Waals surface area contributed by atoms with Crippen molar-refractivity contribution in [3.05, 3.63) is 52.5 Å². The van der Waals surface area contributed by atoms with E-state index in [1.165, 1.54) is 37.3 Å². The minimum Gasteiger partial charge on any atom is -0.406 e. The SMILES string of the molecule is C[C@@H](C(=O)Nc1ccc(OC(F)(F)F)cc1)N(c1cc(Cl)cc(Cl)c1)S(C)(=O)=O. The van der Waals surface area contributed by atoms with Crippen LogP contribution in [-0.2, 0) is 14.8 Å². The number of anilines is 2. The van der Waals surface area contributed by atoms with Gasteiger partial charge in [-0.1, -0.05) is 23.2 Å². The van der Waals surface area contributed by atoms with Crippen LogP contribution in [0.4, 0.5) is 24.5 Å². The lowest BCUT2D eigenvalue weighted by Gasteiger charge is -2.28. The summed E-state index contributed by atoms with van der Waals surface area (Å²) >= 11 is 11.8. The minimum atomic E-state index is -4.84. The predicted octanol–water partition coefficient (Wildman–Crippen LogP) is 4.69. The first-order valence-corrected chi connectivity index (χ1v) is 10.5. The fourth-order valence-electron chi connectivity index (χ4n) is 2.46. The van der Waals surface area contributed by atoms with Crippen LogP contribution in [-0.4, -0.2) is 33.0 Å². The van der Waals surface area contributed by atoms with Gasteiger partial charge in [-0.2, -0.15) is 0 Å². The molecule has 2 rings (SSSR count). The summed E-state index contributed by atoms with van der Waals surface area (Å²) in [7, 11) is -3.90. The molecule has 0 aliphatic heterocycles. The van der Waals surface area contributed by atoms with Crippen molar-refractivity contribution >= 4 is 50.5 Å². The molecule has 0 saturated heterocycles. The molecule has 0 bridgehead atoms. The van der Waals surface area contributed by atoms with Crippen LogP contribution in [0.5, 0.6) is 5.75 Å². The summed E-state index contributed by atoms with van der Waals surface area (Å²) in [6, 6.07) is 7.26. The predicted molar refractivity (Wildman–Crippen MR) is 105 cm³/mol. The Bertz CT molecular complexity index is 978. The third kappa shape index (κ3) is 6.69. The molecule has 1 atom stereocenters. The minimum absolute atomic E-state index is 0.0848. The summed E-state index contributed by atoms with van der Waals surface area (Å²) in [5, 5.41) is 2.79. The molecule has 0 aromatic heterocycles. The lowest BCUT2D eigenvalue weighted by molar-refractivity contribution is -0.274. The van der Waals surface area contributed by atoms with E-state index in [2.05, 4.69) is 10.1 Å². The van der Waals surface area contributed by atoms with Gasteiger partial charge in [0.25, 0.3) is 0 Å². The molecular formula is C17H15Cl2F3N2O4S.